The van der Waals surface area contributed by atoms with Crippen LogP contribution in [0.15, 0.2) is 0 Å². The second-order valence-electron chi connectivity index (χ2n) is 7.92. The van der Waals surface area contributed by atoms with Crippen LogP contribution in [0.3, 0.4) is 0 Å². The van der Waals surface area contributed by atoms with Crippen molar-refractivity contribution in [3.05, 3.63) is 0 Å². The van der Waals surface area contributed by atoms with E-state index in [-0.39, 0.29) is 24.1 Å². The molecule has 3 N–H and O–H groups in total. The van der Waals surface area contributed by atoms with Crippen molar-refractivity contribution in [3.63, 3.8) is 0 Å². The fourth-order valence-corrected chi connectivity index (χ4v) is 3.22. The van der Waals surface area contributed by atoms with Gasteiger partial charge in [0.15, 0.2) is 0 Å². The molecular weight excluding hydrogens is 294 g/mol. The zero-order chi connectivity index (χ0) is 17.2. The highest BCUT2D eigenvalue weighted by Gasteiger charge is 2.39. The zero-order valence-corrected chi connectivity index (χ0v) is 14.8. The first-order valence-corrected chi connectivity index (χ1v) is 8.74. The maximum absolute atomic E-state index is 12.4. The van der Waals surface area contributed by atoms with E-state index in [9.17, 15) is 9.59 Å². The van der Waals surface area contributed by atoms with Crippen LogP contribution in [0.4, 0.5) is 4.79 Å². The third kappa shape index (κ3) is 5.37. The number of amides is 2. The number of nitrogens with zero attached hydrogens (tertiary/aromatic N) is 1. The third-order valence-corrected chi connectivity index (χ3v) is 4.40. The van der Waals surface area contributed by atoms with Gasteiger partial charge < -0.3 is 20.7 Å². The van der Waals surface area contributed by atoms with Gasteiger partial charge in [-0.2, -0.15) is 0 Å². The Bertz CT molecular complexity index is 433. The summed E-state index contributed by atoms with van der Waals surface area (Å²) in [5.74, 6) is 0.0658. The van der Waals surface area contributed by atoms with Gasteiger partial charge in [0.1, 0.15) is 5.60 Å². The van der Waals surface area contributed by atoms with Crippen LogP contribution in [0.2, 0.25) is 0 Å². The van der Waals surface area contributed by atoms with Crippen molar-refractivity contribution in [3.8, 4) is 0 Å². The van der Waals surface area contributed by atoms with E-state index >= 15 is 0 Å². The second-order valence-corrected chi connectivity index (χ2v) is 7.92. The summed E-state index contributed by atoms with van der Waals surface area (Å²) in [6.07, 6.45) is 5.40. The predicted octanol–water partition coefficient (Wildman–Crippen LogP) is 2.16. The molecular formula is C17H31N3O3. The number of hydrogen-bond acceptors (Lipinski definition) is 4. The summed E-state index contributed by atoms with van der Waals surface area (Å²) in [5.41, 5.74) is 5.32. The van der Waals surface area contributed by atoms with Crippen molar-refractivity contribution < 1.29 is 14.3 Å². The Morgan fingerprint density at radius 3 is 1.96 bits per heavy atom. The molecule has 2 fully saturated rings. The molecule has 0 aliphatic heterocycles. The molecule has 2 rings (SSSR count). The fourth-order valence-electron chi connectivity index (χ4n) is 3.22. The normalized spacial score (nSPS) is 26.3. The van der Waals surface area contributed by atoms with Crippen LogP contribution in [0.1, 0.15) is 66.2 Å². The minimum Gasteiger partial charge on any atom is -0.444 e. The molecule has 1 atom stereocenters. The lowest BCUT2D eigenvalue weighted by Gasteiger charge is -2.38. The Balaban J connectivity index is 1.83. The van der Waals surface area contributed by atoms with E-state index in [2.05, 4.69) is 5.32 Å². The van der Waals surface area contributed by atoms with Crippen LogP contribution in [0, 0.1) is 0 Å². The van der Waals surface area contributed by atoms with Crippen molar-refractivity contribution >= 4 is 12.0 Å². The molecule has 0 radical (unpaired) electrons. The van der Waals surface area contributed by atoms with Crippen molar-refractivity contribution in [2.24, 2.45) is 5.73 Å². The molecule has 2 saturated carbocycles. The molecule has 0 aromatic heterocycles. The molecule has 0 unspecified atom stereocenters. The number of nitrogens with one attached hydrogen (secondary N) is 1. The van der Waals surface area contributed by atoms with Gasteiger partial charge in [-0.15, -0.1) is 0 Å². The molecule has 2 aliphatic carbocycles. The molecule has 2 aliphatic rings. The third-order valence-electron chi connectivity index (χ3n) is 4.40. The number of alkyl carbamates (subject to hydrolysis) is 1. The van der Waals surface area contributed by atoms with Gasteiger partial charge in [-0.3, -0.25) is 4.79 Å². The van der Waals surface area contributed by atoms with Crippen LogP contribution < -0.4 is 11.1 Å². The summed E-state index contributed by atoms with van der Waals surface area (Å²) in [4.78, 5) is 26.2. The Morgan fingerprint density at radius 2 is 1.57 bits per heavy atom. The van der Waals surface area contributed by atoms with Crippen LogP contribution in [0.5, 0.6) is 0 Å². The van der Waals surface area contributed by atoms with Gasteiger partial charge in [0.25, 0.3) is 0 Å². The van der Waals surface area contributed by atoms with Gasteiger partial charge in [-0.05, 0) is 66.2 Å². The topological polar surface area (TPSA) is 84.7 Å². The van der Waals surface area contributed by atoms with Crippen LogP contribution in [-0.4, -0.2) is 46.7 Å². The highest BCUT2D eigenvalue weighted by atomic mass is 16.6. The van der Waals surface area contributed by atoms with E-state index in [1.54, 1.807) is 6.92 Å². The number of nitrogens with two attached hydrogens (primary N) is 1. The van der Waals surface area contributed by atoms with E-state index in [4.69, 9.17) is 10.5 Å². The van der Waals surface area contributed by atoms with E-state index < -0.39 is 11.6 Å². The number of rotatable bonds is 4. The summed E-state index contributed by atoms with van der Waals surface area (Å²) in [6, 6.07) is 0.340. The molecule has 0 bridgehead atoms. The lowest BCUT2D eigenvalue weighted by Crippen LogP contribution is -2.51. The highest BCUT2D eigenvalue weighted by Crippen LogP contribution is 2.34. The largest absolute Gasteiger partial charge is 0.444 e. The smallest absolute Gasteiger partial charge is 0.407 e. The molecule has 23 heavy (non-hydrogen) atoms. The zero-order valence-electron chi connectivity index (χ0n) is 14.8. The highest BCUT2D eigenvalue weighted by molar-refractivity contribution is 5.82. The van der Waals surface area contributed by atoms with E-state index in [1.165, 1.54) is 0 Å². The Labute approximate surface area is 139 Å². The predicted molar refractivity (Wildman–Crippen MR) is 88.9 cm³/mol. The maximum atomic E-state index is 12.4. The first-order valence-electron chi connectivity index (χ1n) is 8.74. The van der Waals surface area contributed by atoms with E-state index in [1.807, 2.05) is 25.7 Å². The van der Waals surface area contributed by atoms with Gasteiger partial charge in [0, 0.05) is 18.1 Å². The Hall–Kier alpha value is -1.30. The average Bonchev–Trinajstić information content (AvgIpc) is 3.23. The number of carbonyl (C=O) groups excluding carboxylic acids is 2. The first-order chi connectivity index (χ1) is 10.7. The van der Waals surface area contributed by atoms with Crippen molar-refractivity contribution in [1.29, 1.82) is 0 Å². The molecule has 0 saturated heterocycles. The van der Waals surface area contributed by atoms with Crippen LogP contribution in [0.25, 0.3) is 0 Å². The van der Waals surface area contributed by atoms with Crippen LogP contribution >= 0.6 is 0 Å². The van der Waals surface area contributed by atoms with Gasteiger partial charge in [0.05, 0.1) is 6.04 Å². The molecule has 2 amide bonds. The minimum atomic E-state index is -0.478. The van der Waals surface area contributed by atoms with Gasteiger partial charge in [-0.1, -0.05) is 0 Å². The van der Waals surface area contributed by atoms with Crippen LogP contribution in [-0.2, 0) is 9.53 Å². The summed E-state index contributed by atoms with van der Waals surface area (Å²) in [5, 5.41) is 2.94. The summed E-state index contributed by atoms with van der Waals surface area (Å²) >= 11 is 0. The SMILES string of the molecule is C[C@H](N)C(=O)N(C1CCC(NC(=O)OC(C)(C)C)CC1)C1CC1. The number of carbonyl (C=O) groups is 2. The molecule has 0 aromatic rings. The lowest BCUT2D eigenvalue weighted by molar-refractivity contribution is -0.136. The van der Waals surface area contributed by atoms with E-state index in [0.717, 1.165) is 38.5 Å². The summed E-state index contributed by atoms with van der Waals surface area (Å²) in [6.45, 7) is 7.33. The Morgan fingerprint density at radius 1 is 1.09 bits per heavy atom. The summed E-state index contributed by atoms with van der Waals surface area (Å²) < 4.78 is 5.30. The molecule has 0 spiro atoms. The van der Waals surface area contributed by atoms with Crippen molar-refractivity contribution in [1.82, 2.24) is 10.2 Å². The number of ether oxygens (including phenoxy) is 1. The standard InChI is InChI=1S/C17H31N3O3/c1-11(18)15(21)20(14-9-10-14)13-7-5-12(6-8-13)19-16(22)23-17(2,3)4/h11-14H,5-10,18H2,1-4H3,(H,19,22)/t11-,12?,13?/m0/s1. The van der Waals surface area contributed by atoms with E-state index in [0.29, 0.717) is 6.04 Å². The fraction of sp³-hybridized carbons (Fsp3) is 0.882. The van der Waals surface area contributed by atoms with Gasteiger partial charge in [0.2, 0.25) is 5.91 Å². The average molecular weight is 325 g/mol. The number of hydrogen-bond donors (Lipinski definition) is 2. The van der Waals surface area contributed by atoms with Crippen molar-refractivity contribution in [2.75, 3.05) is 0 Å². The molecule has 0 aromatic carbocycles. The Kier molecular flexibility index (Phi) is 5.55. The lowest BCUT2D eigenvalue weighted by atomic mass is 9.89. The maximum Gasteiger partial charge on any atom is 0.407 e. The molecule has 6 heteroatoms. The monoisotopic (exact) mass is 325 g/mol. The summed E-state index contributed by atoms with van der Waals surface area (Å²) in [7, 11) is 0. The van der Waals surface area contributed by atoms with Gasteiger partial charge in [-0.25, -0.2) is 4.79 Å². The molecule has 6 nitrogen and oxygen atoms in total. The second kappa shape index (κ2) is 7.07. The molecule has 132 valence electrons. The van der Waals surface area contributed by atoms with Gasteiger partial charge >= 0.3 is 6.09 Å². The minimum absolute atomic E-state index is 0.0658. The molecule has 0 heterocycles. The van der Waals surface area contributed by atoms with Crippen molar-refractivity contribution in [2.45, 2.75) is 96.0 Å². The quantitative estimate of drug-likeness (QED) is 0.829. The first kappa shape index (κ1) is 18.0.